The molecule has 2 rings (SSSR count). The van der Waals surface area contributed by atoms with E-state index in [0.29, 0.717) is 10.2 Å². The van der Waals surface area contributed by atoms with E-state index in [1.54, 1.807) is 0 Å². The smallest absolute Gasteiger partial charge is 0.259 e. The number of aromatic nitrogens is 2. The summed E-state index contributed by atoms with van der Waals surface area (Å²) in [6.45, 7) is 3.73. The van der Waals surface area contributed by atoms with Gasteiger partial charge in [0.05, 0.1) is 5.39 Å². The monoisotopic (exact) mass is 273 g/mol. The van der Waals surface area contributed by atoms with Crippen molar-refractivity contribution in [3.05, 3.63) is 26.6 Å². The van der Waals surface area contributed by atoms with E-state index in [4.69, 9.17) is 5.14 Å². The topological polar surface area (TPSA) is 106 Å². The summed E-state index contributed by atoms with van der Waals surface area (Å²) >= 11 is 1.37. The zero-order chi connectivity index (χ0) is 12.8. The summed E-state index contributed by atoms with van der Waals surface area (Å²) in [5.41, 5.74) is 0.552. The lowest BCUT2D eigenvalue weighted by Gasteiger charge is -1.98. The second-order valence-electron chi connectivity index (χ2n) is 3.78. The number of hydrogen-bond acceptors (Lipinski definition) is 5. The number of rotatable bonds is 2. The Bertz CT molecular complexity index is 743. The molecule has 0 fully saturated rings. The zero-order valence-corrected chi connectivity index (χ0v) is 10.9. The van der Waals surface area contributed by atoms with E-state index >= 15 is 0 Å². The van der Waals surface area contributed by atoms with Gasteiger partial charge in [-0.3, -0.25) is 4.79 Å². The average Bonchev–Trinajstić information content (AvgIpc) is 2.39. The van der Waals surface area contributed by atoms with Crippen molar-refractivity contribution < 1.29 is 8.42 Å². The number of hydrogen-bond donors (Lipinski definition) is 2. The molecular weight excluding hydrogens is 262 g/mol. The quantitative estimate of drug-likeness (QED) is 0.825. The van der Waals surface area contributed by atoms with Crippen molar-refractivity contribution in [2.75, 3.05) is 0 Å². The molecule has 0 atom stereocenters. The Kier molecular flexibility index (Phi) is 2.80. The van der Waals surface area contributed by atoms with E-state index in [2.05, 4.69) is 9.97 Å². The third kappa shape index (κ3) is 2.38. The van der Waals surface area contributed by atoms with Crippen molar-refractivity contribution in [2.45, 2.75) is 19.6 Å². The van der Waals surface area contributed by atoms with Gasteiger partial charge in [-0.2, -0.15) is 0 Å². The first kappa shape index (κ1) is 12.2. The lowest BCUT2D eigenvalue weighted by atomic mass is 10.2. The summed E-state index contributed by atoms with van der Waals surface area (Å²) in [6.07, 6.45) is 0. The molecule has 2 aromatic rings. The number of H-pyrrole nitrogens is 1. The van der Waals surface area contributed by atoms with E-state index in [-0.39, 0.29) is 11.4 Å². The number of nitrogens with two attached hydrogens (primary N) is 1. The summed E-state index contributed by atoms with van der Waals surface area (Å²) in [5.74, 6) is -0.389. The van der Waals surface area contributed by atoms with Crippen LogP contribution in [0.3, 0.4) is 0 Å². The maximum atomic E-state index is 11.8. The van der Waals surface area contributed by atoms with Crippen molar-refractivity contribution in [1.29, 1.82) is 0 Å². The number of primary sulfonamides is 1. The Morgan fingerprint density at radius 1 is 1.41 bits per heavy atom. The van der Waals surface area contributed by atoms with Crippen molar-refractivity contribution in [3.63, 3.8) is 0 Å². The molecule has 0 spiro atoms. The normalized spacial score (nSPS) is 12.2. The fourth-order valence-electron chi connectivity index (χ4n) is 1.56. The third-order valence-corrected chi connectivity index (χ3v) is 4.20. The van der Waals surface area contributed by atoms with Gasteiger partial charge in [-0.1, -0.05) is 0 Å². The minimum atomic E-state index is -3.69. The van der Waals surface area contributed by atoms with Gasteiger partial charge in [0.1, 0.15) is 16.4 Å². The average molecular weight is 273 g/mol. The molecule has 2 heterocycles. The van der Waals surface area contributed by atoms with Gasteiger partial charge in [0.2, 0.25) is 10.0 Å². The maximum Gasteiger partial charge on any atom is 0.259 e. The van der Waals surface area contributed by atoms with Crippen LogP contribution < -0.4 is 10.7 Å². The molecule has 0 aliphatic carbocycles. The second-order valence-corrected chi connectivity index (χ2v) is 6.60. The van der Waals surface area contributed by atoms with Crippen LogP contribution in [0.25, 0.3) is 10.2 Å². The van der Waals surface area contributed by atoms with Crippen LogP contribution in [0, 0.1) is 13.8 Å². The van der Waals surface area contributed by atoms with Gasteiger partial charge in [0, 0.05) is 4.88 Å². The standard InChI is InChI=1S/C9H11N3O3S2/c1-4-5(2)16-9-7(4)8(13)11-6(12-9)3-17(10,14)15/h3H2,1-2H3,(H2,10,14,15)(H,11,12,13). The molecule has 17 heavy (non-hydrogen) atoms. The Hall–Kier alpha value is -1.25. The first-order valence-electron chi connectivity index (χ1n) is 4.77. The van der Waals surface area contributed by atoms with Gasteiger partial charge in [-0.05, 0) is 19.4 Å². The number of nitrogens with zero attached hydrogens (tertiary/aromatic N) is 1. The summed E-state index contributed by atoms with van der Waals surface area (Å²) < 4.78 is 21.9. The lowest BCUT2D eigenvalue weighted by Crippen LogP contribution is -2.19. The van der Waals surface area contributed by atoms with Gasteiger partial charge in [-0.25, -0.2) is 18.5 Å². The van der Waals surface area contributed by atoms with Crippen LogP contribution in [-0.4, -0.2) is 18.4 Å². The van der Waals surface area contributed by atoms with Crippen LogP contribution in [0.2, 0.25) is 0 Å². The highest BCUT2D eigenvalue weighted by molar-refractivity contribution is 7.88. The molecule has 6 nitrogen and oxygen atoms in total. The Balaban J connectivity index is 2.69. The molecule has 0 aliphatic rings. The molecule has 0 aromatic carbocycles. The minimum absolute atomic E-state index is 0.0752. The van der Waals surface area contributed by atoms with Crippen LogP contribution in [0.4, 0.5) is 0 Å². The first-order valence-corrected chi connectivity index (χ1v) is 7.30. The number of aromatic amines is 1. The fraction of sp³-hybridized carbons (Fsp3) is 0.333. The minimum Gasteiger partial charge on any atom is -0.309 e. The second kappa shape index (κ2) is 3.90. The highest BCUT2D eigenvalue weighted by Gasteiger charge is 2.14. The molecule has 92 valence electrons. The number of aryl methyl sites for hydroxylation is 2. The highest BCUT2D eigenvalue weighted by Crippen LogP contribution is 2.25. The third-order valence-electron chi connectivity index (χ3n) is 2.43. The predicted molar refractivity (Wildman–Crippen MR) is 66.5 cm³/mol. The number of fused-ring (bicyclic) bond motifs is 1. The molecule has 0 radical (unpaired) electrons. The molecule has 0 saturated carbocycles. The van der Waals surface area contributed by atoms with Crippen molar-refractivity contribution >= 4 is 31.6 Å². The number of thiophene rings is 1. The van der Waals surface area contributed by atoms with Crippen molar-refractivity contribution in [3.8, 4) is 0 Å². The highest BCUT2D eigenvalue weighted by atomic mass is 32.2. The van der Waals surface area contributed by atoms with Gasteiger partial charge in [0.25, 0.3) is 5.56 Å². The molecular formula is C9H11N3O3S2. The predicted octanol–water partition coefficient (Wildman–Crippen LogP) is 0.390. The Morgan fingerprint density at radius 2 is 2.06 bits per heavy atom. The zero-order valence-electron chi connectivity index (χ0n) is 9.27. The largest absolute Gasteiger partial charge is 0.309 e. The summed E-state index contributed by atoms with van der Waals surface area (Å²) in [6, 6.07) is 0. The van der Waals surface area contributed by atoms with E-state index < -0.39 is 15.8 Å². The van der Waals surface area contributed by atoms with E-state index in [9.17, 15) is 13.2 Å². The molecule has 2 aromatic heterocycles. The Morgan fingerprint density at radius 3 is 2.65 bits per heavy atom. The van der Waals surface area contributed by atoms with Crippen molar-refractivity contribution in [2.24, 2.45) is 5.14 Å². The molecule has 3 N–H and O–H groups in total. The maximum absolute atomic E-state index is 11.8. The SMILES string of the molecule is Cc1sc2nc(CS(N)(=O)=O)[nH]c(=O)c2c1C. The van der Waals surface area contributed by atoms with Crippen LogP contribution in [0.1, 0.15) is 16.3 Å². The number of sulfonamides is 1. The van der Waals surface area contributed by atoms with Crippen LogP contribution in [0.5, 0.6) is 0 Å². The molecule has 0 bridgehead atoms. The van der Waals surface area contributed by atoms with Crippen LogP contribution in [-0.2, 0) is 15.8 Å². The van der Waals surface area contributed by atoms with E-state index in [1.807, 2.05) is 13.8 Å². The fourth-order valence-corrected chi connectivity index (χ4v) is 3.12. The summed E-state index contributed by atoms with van der Waals surface area (Å²) in [5, 5.41) is 5.43. The van der Waals surface area contributed by atoms with Gasteiger partial charge < -0.3 is 4.98 Å². The van der Waals surface area contributed by atoms with Gasteiger partial charge in [0.15, 0.2) is 0 Å². The van der Waals surface area contributed by atoms with Gasteiger partial charge >= 0.3 is 0 Å². The van der Waals surface area contributed by atoms with E-state index in [0.717, 1.165) is 10.4 Å². The molecule has 0 saturated heterocycles. The van der Waals surface area contributed by atoms with E-state index in [1.165, 1.54) is 11.3 Å². The molecule has 0 aliphatic heterocycles. The van der Waals surface area contributed by atoms with Crippen LogP contribution in [0.15, 0.2) is 4.79 Å². The lowest BCUT2D eigenvalue weighted by molar-refractivity contribution is 0.595. The molecule has 0 unspecified atom stereocenters. The van der Waals surface area contributed by atoms with Gasteiger partial charge in [-0.15, -0.1) is 11.3 Å². The van der Waals surface area contributed by atoms with Crippen LogP contribution >= 0.6 is 11.3 Å². The molecule has 8 heteroatoms. The molecule has 0 amide bonds. The summed E-state index contributed by atoms with van der Waals surface area (Å²) in [4.78, 5) is 19.9. The summed E-state index contributed by atoms with van der Waals surface area (Å²) in [7, 11) is -3.69. The number of nitrogens with one attached hydrogen (secondary N) is 1. The first-order chi connectivity index (χ1) is 7.78. The van der Waals surface area contributed by atoms with Crippen molar-refractivity contribution in [1.82, 2.24) is 9.97 Å². The Labute approximate surface area is 102 Å².